The van der Waals surface area contributed by atoms with Crippen LogP contribution in [0.5, 0.6) is 11.5 Å². The SMILES string of the molecule is CCNC(C(=O)OC)c1ccc(OC)c(OC)c1Cl. The van der Waals surface area contributed by atoms with E-state index < -0.39 is 12.0 Å². The van der Waals surface area contributed by atoms with Gasteiger partial charge in [0, 0.05) is 5.56 Å². The lowest BCUT2D eigenvalue weighted by atomic mass is 10.1. The smallest absolute Gasteiger partial charge is 0.327 e. The molecule has 0 aromatic heterocycles. The number of methoxy groups -OCH3 is 3. The minimum absolute atomic E-state index is 0.332. The number of halogens is 1. The molecule has 0 spiro atoms. The number of rotatable bonds is 6. The minimum atomic E-state index is -0.637. The number of benzene rings is 1. The lowest BCUT2D eigenvalue weighted by molar-refractivity contribution is -0.143. The number of likely N-dealkylation sites (N-methyl/N-ethyl adjacent to an activating group) is 1. The Bertz CT molecular complexity index is 451. The fourth-order valence-electron chi connectivity index (χ4n) is 1.77. The van der Waals surface area contributed by atoms with E-state index in [1.54, 1.807) is 12.1 Å². The minimum Gasteiger partial charge on any atom is -0.493 e. The number of carbonyl (C=O) groups excluding carboxylic acids is 1. The van der Waals surface area contributed by atoms with Crippen molar-refractivity contribution in [2.45, 2.75) is 13.0 Å². The Hall–Kier alpha value is -1.46. The fraction of sp³-hybridized carbons (Fsp3) is 0.462. The highest BCUT2D eigenvalue weighted by Crippen LogP contribution is 2.39. The van der Waals surface area contributed by atoms with Crippen molar-refractivity contribution in [2.24, 2.45) is 0 Å². The highest BCUT2D eigenvalue weighted by atomic mass is 35.5. The number of carbonyl (C=O) groups is 1. The first-order valence-corrected chi connectivity index (χ1v) is 6.20. The third-order valence-electron chi connectivity index (χ3n) is 2.67. The monoisotopic (exact) mass is 287 g/mol. The molecule has 1 atom stereocenters. The summed E-state index contributed by atoms with van der Waals surface area (Å²) in [6, 6.07) is 2.78. The van der Waals surface area contributed by atoms with Gasteiger partial charge in [-0.05, 0) is 12.6 Å². The first kappa shape index (κ1) is 15.6. The normalized spacial score (nSPS) is 11.8. The summed E-state index contributed by atoms with van der Waals surface area (Å²) in [5.41, 5.74) is 0.591. The van der Waals surface area contributed by atoms with E-state index in [0.717, 1.165) is 0 Å². The van der Waals surface area contributed by atoms with Crippen LogP contribution in [0.4, 0.5) is 0 Å². The number of hydrogen-bond donors (Lipinski definition) is 1. The maximum Gasteiger partial charge on any atom is 0.327 e. The Labute approximate surface area is 117 Å². The molecule has 0 aliphatic carbocycles. The zero-order valence-electron chi connectivity index (χ0n) is 11.5. The predicted molar refractivity (Wildman–Crippen MR) is 73.0 cm³/mol. The van der Waals surface area contributed by atoms with Crippen LogP contribution in [0.2, 0.25) is 5.02 Å². The van der Waals surface area contributed by atoms with E-state index in [1.165, 1.54) is 21.3 Å². The van der Waals surface area contributed by atoms with Crippen LogP contribution in [0.15, 0.2) is 12.1 Å². The second-order valence-corrected chi connectivity index (χ2v) is 4.10. The number of esters is 1. The molecule has 1 unspecified atom stereocenters. The average Bonchev–Trinajstić information content (AvgIpc) is 2.44. The van der Waals surface area contributed by atoms with Gasteiger partial charge in [-0.25, -0.2) is 4.79 Å². The maximum absolute atomic E-state index is 11.8. The zero-order valence-corrected chi connectivity index (χ0v) is 12.2. The molecule has 5 nitrogen and oxygen atoms in total. The largest absolute Gasteiger partial charge is 0.493 e. The standard InChI is InChI=1S/C13H18ClNO4/c1-5-15-11(13(16)19-4)8-6-7-9(17-2)12(18-3)10(8)14/h6-7,11,15H,5H2,1-4H3. The van der Waals surface area contributed by atoms with Crippen molar-refractivity contribution >= 4 is 17.6 Å². The molecule has 0 fully saturated rings. The van der Waals surface area contributed by atoms with Crippen molar-refractivity contribution in [1.82, 2.24) is 5.32 Å². The molecule has 0 saturated carbocycles. The molecular formula is C13H18ClNO4. The third-order valence-corrected chi connectivity index (χ3v) is 3.06. The van der Waals surface area contributed by atoms with Crippen LogP contribution in [0, 0.1) is 0 Å². The molecular weight excluding hydrogens is 270 g/mol. The molecule has 0 heterocycles. The number of hydrogen-bond acceptors (Lipinski definition) is 5. The first-order valence-electron chi connectivity index (χ1n) is 5.82. The Balaban J connectivity index is 3.27. The molecule has 1 aromatic carbocycles. The fourth-order valence-corrected chi connectivity index (χ4v) is 2.11. The van der Waals surface area contributed by atoms with E-state index in [4.69, 9.17) is 25.8 Å². The van der Waals surface area contributed by atoms with Crippen molar-refractivity contribution < 1.29 is 19.0 Å². The lowest BCUT2D eigenvalue weighted by Gasteiger charge is -2.19. The van der Waals surface area contributed by atoms with Gasteiger partial charge in [0.15, 0.2) is 11.5 Å². The van der Waals surface area contributed by atoms with Gasteiger partial charge in [-0.3, -0.25) is 0 Å². The van der Waals surface area contributed by atoms with Crippen molar-refractivity contribution in [3.05, 3.63) is 22.7 Å². The molecule has 1 N–H and O–H groups in total. The summed E-state index contributed by atoms with van der Waals surface area (Å²) in [6.07, 6.45) is 0. The molecule has 106 valence electrons. The van der Waals surface area contributed by atoms with Gasteiger partial charge in [0.2, 0.25) is 0 Å². The summed E-state index contributed by atoms with van der Waals surface area (Å²) in [5, 5.41) is 3.36. The summed E-state index contributed by atoms with van der Waals surface area (Å²) in [4.78, 5) is 11.8. The van der Waals surface area contributed by atoms with Gasteiger partial charge in [-0.1, -0.05) is 24.6 Å². The second-order valence-electron chi connectivity index (χ2n) is 3.72. The van der Waals surface area contributed by atoms with Crippen molar-refractivity contribution in [3.63, 3.8) is 0 Å². The third kappa shape index (κ3) is 3.30. The maximum atomic E-state index is 11.8. The van der Waals surface area contributed by atoms with Crippen LogP contribution in [-0.4, -0.2) is 33.8 Å². The molecule has 19 heavy (non-hydrogen) atoms. The summed E-state index contributed by atoms with van der Waals surface area (Å²) in [7, 11) is 4.35. The van der Waals surface area contributed by atoms with Crippen LogP contribution in [0.3, 0.4) is 0 Å². The van der Waals surface area contributed by atoms with Crippen molar-refractivity contribution in [3.8, 4) is 11.5 Å². The number of ether oxygens (including phenoxy) is 3. The quantitative estimate of drug-likeness (QED) is 0.813. The van der Waals surface area contributed by atoms with E-state index in [-0.39, 0.29) is 0 Å². The Morgan fingerprint density at radius 2 is 2.00 bits per heavy atom. The molecule has 1 rings (SSSR count). The van der Waals surface area contributed by atoms with Gasteiger partial charge in [0.1, 0.15) is 6.04 Å². The number of nitrogens with one attached hydrogen (secondary N) is 1. The van der Waals surface area contributed by atoms with Crippen LogP contribution in [0.25, 0.3) is 0 Å². The Kier molecular flexibility index (Phi) is 5.92. The summed E-state index contributed by atoms with van der Waals surface area (Å²) in [5.74, 6) is 0.501. The van der Waals surface area contributed by atoms with E-state index in [9.17, 15) is 4.79 Å². The predicted octanol–water partition coefficient (Wildman–Crippen LogP) is 2.18. The molecule has 0 amide bonds. The van der Waals surface area contributed by atoms with E-state index in [0.29, 0.717) is 28.6 Å². The van der Waals surface area contributed by atoms with Crippen LogP contribution in [-0.2, 0) is 9.53 Å². The molecule has 1 aromatic rings. The van der Waals surface area contributed by atoms with Crippen molar-refractivity contribution in [2.75, 3.05) is 27.9 Å². The molecule has 6 heteroatoms. The Morgan fingerprint density at radius 1 is 1.32 bits per heavy atom. The van der Waals surface area contributed by atoms with Gasteiger partial charge < -0.3 is 19.5 Å². The lowest BCUT2D eigenvalue weighted by Crippen LogP contribution is -2.29. The highest BCUT2D eigenvalue weighted by Gasteiger charge is 2.25. The highest BCUT2D eigenvalue weighted by molar-refractivity contribution is 6.33. The summed E-state index contributed by atoms with van der Waals surface area (Å²) >= 11 is 6.27. The average molecular weight is 288 g/mol. The van der Waals surface area contributed by atoms with E-state index in [2.05, 4.69) is 5.32 Å². The van der Waals surface area contributed by atoms with Gasteiger partial charge in [0.05, 0.1) is 26.4 Å². The second kappa shape index (κ2) is 7.21. The van der Waals surface area contributed by atoms with Gasteiger partial charge >= 0.3 is 5.97 Å². The van der Waals surface area contributed by atoms with Crippen LogP contribution in [0.1, 0.15) is 18.5 Å². The van der Waals surface area contributed by atoms with Crippen molar-refractivity contribution in [1.29, 1.82) is 0 Å². The molecule has 0 saturated heterocycles. The van der Waals surface area contributed by atoms with E-state index >= 15 is 0 Å². The zero-order chi connectivity index (χ0) is 14.4. The molecule has 0 aliphatic rings. The summed E-state index contributed by atoms with van der Waals surface area (Å²) in [6.45, 7) is 2.50. The first-order chi connectivity index (χ1) is 9.10. The van der Waals surface area contributed by atoms with Gasteiger partial charge in [-0.15, -0.1) is 0 Å². The van der Waals surface area contributed by atoms with Crippen LogP contribution < -0.4 is 14.8 Å². The molecule has 0 radical (unpaired) electrons. The van der Waals surface area contributed by atoms with Gasteiger partial charge in [0.25, 0.3) is 0 Å². The van der Waals surface area contributed by atoms with E-state index in [1.807, 2.05) is 6.92 Å². The molecule has 0 bridgehead atoms. The summed E-state index contributed by atoms with van der Waals surface area (Å²) < 4.78 is 15.1. The van der Waals surface area contributed by atoms with Crippen LogP contribution >= 0.6 is 11.6 Å². The van der Waals surface area contributed by atoms with Gasteiger partial charge in [-0.2, -0.15) is 0 Å². The Morgan fingerprint density at radius 3 is 2.47 bits per heavy atom. The topological polar surface area (TPSA) is 56.8 Å². The molecule has 0 aliphatic heterocycles.